The molecule has 0 bridgehead atoms. The molecule has 2 aliphatic heterocycles. The lowest BCUT2D eigenvalue weighted by Gasteiger charge is -2.35. The fourth-order valence-corrected chi connectivity index (χ4v) is 2.30. The minimum atomic E-state index is -0.545. The van der Waals surface area contributed by atoms with Gasteiger partial charge >= 0.3 is 12.0 Å². The minimum absolute atomic E-state index is 0.0465. The molecule has 0 saturated carbocycles. The van der Waals surface area contributed by atoms with Crippen molar-refractivity contribution in [3.05, 3.63) is 0 Å². The average molecular weight is 271 g/mol. The third kappa shape index (κ3) is 3.57. The van der Waals surface area contributed by atoms with Crippen LogP contribution in [0.3, 0.4) is 0 Å². The molecule has 2 heterocycles. The number of hydrogen-bond donors (Lipinski definition) is 2. The molecule has 2 rings (SSSR count). The third-order valence-electron chi connectivity index (χ3n) is 3.32. The highest BCUT2D eigenvalue weighted by molar-refractivity contribution is 5.84. The lowest BCUT2D eigenvalue weighted by atomic mass is 10.2. The summed E-state index contributed by atoms with van der Waals surface area (Å²) >= 11 is 0. The highest BCUT2D eigenvalue weighted by Gasteiger charge is 2.34. The van der Waals surface area contributed by atoms with Crippen molar-refractivity contribution in [2.75, 3.05) is 39.5 Å². The van der Waals surface area contributed by atoms with Gasteiger partial charge in [0, 0.05) is 26.2 Å². The number of carbonyl (C=O) groups is 2. The van der Waals surface area contributed by atoms with E-state index >= 15 is 0 Å². The van der Waals surface area contributed by atoms with Crippen LogP contribution in [-0.2, 0) is 14.3 Å². The largest absolute Gasteiger partial charge is 0.464 e. The van der Waals surface area contributed by atoms with Gasteiger partial charge in [0.1, 0.15) is 6.04 Å². The van der Waals surface area contributed by atoms with Crippen molar-refractivity contribution in [2.45, 2.75) is 25.4 Å². The molecule has 2 atom stereocenters. The van der Waals surface area contributed by atoms with Gasteiger partial charge in [-0.05, 0) is 13.3 Å². The van der Waals surface area contributed by atoms with Crippen molar-refractivity contribution < 1.29 is 19.1 Å². The fourth-order valence-electron chi connectivity index (χ4n) is 2.30. The first-order chi connectivity index (χ1) is 9.22. The van der Waals surface area contributed by atoms with Gasteiger partial charge in [-0.3, -0.25) is 0 Å². The number of carbonyl (C=O) groups excluding carboxylic acids is 2. The van der Waals surface area contributed by atoms with E-state index in [1.54, 1.807) is 11.8 Å². The van der Waals surface area contributed by atoms with Crippen LogP contribution in [0, 0.1) is 0 Å². The molecule has 7 heteroatoms. The molecular weight excluding hydrogens is 250 g/mol. The number of hydrogen-bond acceptors (Lipinski definition) is 5. The quantitative estimate of drug-likeness (QED) is 0.665. The van der Waals surface area contributed by atoms with Gasteiger partial charge in [-0.25, -0.2) is 9.59 Å². The molecule has 0 radical (unpaired) electrons. The van der Waals surface area contributed by atoms with Gasteiger partial charge in [0.25, 0.3) is 0 Å². The number of rotatable bonds is 3. The second-order valence-electron chi connectivity index (χ2n) is 4.68. The Kier molecular flexibility index (Phi) is 4.98. The van der Waals surface area contributed by atoms with Gasteiger partial charge in [-0.15, -0.1) is 0 Å². The Bertz CT molecular complexity index is 331. The van der Waals surface area contributed by atoms with Gasteiger partial charge < -0.3 is 25.0 Å². The van der Waals surface area contributed by atoms with E-state index in [1.165, 1.54) is 0 Å². The summed E-state index contributed by atoms with van der Waals surface area (Å²) in [5.41, 5.74) is 0. The Morgan fingerprint density at radius 3 is 3.05 bits per heavy atom. The van der Waals surface area contributed by atoms with Crippen LogP contribution in [0.2, 0.25) is 0 Å². The normalized spacial score (nSPS) is 27.1. The molecule has 7 nitrogen and oxygen atoms in total. The van der Waals surface area contributed by atoms with Crippen LogP contribution >= 0.6 is 0 Å². The zero-order valence-electron chi connectivity index (χ0n) is 11.2. The Hall–Kier alpha value is -1.34. The molecule has 0 aromatic rings. The summed E-state index contributed by atoms with van der Waals surface area (Å²) < 4.78 is 10.2. The van der Waals surface area contributed by atoms with E-state index < -0.39 is 6.04 Å². The highest BCUT2D eigenvalue weighted by Crippen LogP contribution is 2.09. The van der Waals surface area contributed by atoms with Crippen molar-refractivity contribution in [1.82, 2.24) is 15.5 Å². The Labute approximate surface area is 112 Å². The molecule has 0 aromatic carbocycles. The van der Waals surface area contributed by atoms with Gasteiger partial charge in [0.2, 0.25) is 0 Å². The maximum Gasteiger partial charge on any atom is 0.330 e. The molecule has 0 spiro atoms. The van der Waals surface area contributed by atoms with E-state index in [9.17, 15) is 9.59 Å². The SMILES string of the molecule is CCOC(=O)C1CNCCN1C(=O)NC1CCOC1. The molecule has 2 amide bonds. The summed E-state index contributed by atoms with van der Waals surface area (Å²) in [5.74, 6) is -0.354. The maximum absolute atomic E-state index is 12.2. The van der Waals surface area contributed by atoms with Crippen LogP contribution in [0.15, 0.2) is 0 Å². The number of ether oxygens (including phenoxy) is 2. The van der Waals surface area contributed by atoms with Crippen molar-refractivity contribution >= 4 is 12.0 Å². The molecule has 2 fully saturated rings. The smallest absolute Gasteiger partial charge is 0.330 e. The second kappa shape index (κ2) is 6.72. The van der Waals surface area contributed by atoms with Gasteiger partial charge in [0.05, 0.1) is 19.3 Å². The molecule has 2 saturated heterocycles. The Balaban J connectivity index is 1.93. The van der Waals surface area contributed by atoms with Gasteiger partial charge in [-0.2, -0.15) is 0 Å². The van der Waals surface area contributed by atoms with Crippen molar-refractivity contribution in [3.8, 4) is 0 Å². The second-order valence-corrected chi connectivity index (χ2v) is 4.68. The summed E-state index contributed by atoms with van der Waals surface area (Å²) in [6.45, 7) is 4.92. The maximum atomic E-state index is 12.2. The number of amides is 2. The Morgan fingerprint density at radius 1 is 1.53 bits per heavy atom. The van der Waals surface area contributed by atoms with Crippen LogP contribution in [0.1, 0.15) is 13.3 Å². The van der Waals surface area contributed by atoms with E-state index in [0.717, 1.165) is 6.42 Å². The Morgan fingerprint density at radius 2 is 2.37 bits per heavy atom. The molecule has 0 aromatic heterocycles. The zero-order valence-corrected chi connectivity index (χ0v) is 11.2. The van der Waals surface area contributed by atoms with Crippen molar-refractivity contribution in [1.29, 1.82) is 0 Å². The average Bonchev–Trinajstić information content (AvgIpc) is 2.92. The highest BCUT2D eigenvalue weighted by atomic mass is 16.5. The molecule has 2 aliphatic rings. The number of piperazine rings is 1. The predicted molar refractivity (Wildman–Crippen MR) is 67.8 cm³/mol. The topological polar surface area (TPSA) is 79.9 Å². The van der Waals surface area contributed by atoms with E-state index in [2.05, 4.69) is 10.6 Å². The van der Waals surface area contributed by atoms with E-state index in [-0.39, 0.29) is 18.0 Å². The number of esters is 1. The summed E-state index contributed by atoms with van der Waals surface area (Å²) in [6.07, 6.45) is 0.821. The summed E-state index contributed by atoms with van der Waals surface area (Å²) in [4.78, 5) is 25.6. The van der Waals surface area contributed by atoms with E-state index in [4.69, 9.17) is 9.47 Å². The van der Waals surface area contributed by atoms with Gasteiger partial charge in [0.15, 0.2) is 0 Å². The van der Waals surface area contributed by atoms with Crippen LogP contribution in [0.25, 0.3) is 0 Å². The van der Waals surface area contributed by atoms with Crippen molar-refractivity contribution in [3.63, 3.8) is 0 Å². The predicted octanol–water partition coefficient (Wildman–Crippen LogP) is -0.678. The minimum Gasteiger partial charge on any atom is -0.464 e. The standard InChI is InChI=1S/C12H21N3O4/c1-2-19-11(16)10-7-13-4-5-15(10)12(17)14-9-3-6-18-8-9/h9-10,13H,2-8H2,1H3,(H,14,17). The van der Waals surface area contributed by atoms with Crippen LogP contribution in [0.5, 0.6) is 0 Å². The van der Waals surface area contributed by atoms with E-state index in [1.807, 2.05) is 0 Å². The fraction of sp³-hybridized carbons (Fsp3) is 0.833. The van der Waals surface area contributed by atoms with E-state index in [0.29, 0.717) is 39.5 Å². The molecular formula is C12H21N3O4. The molecule has 2 unspecified atom stereocenters. The number of urea groups is 1. The van der Waals surface area contributed by atoms with Crippen LogP contribution < -0.4 is 10.6 Å². The van der Waals surface area contributed by atoms with Gasteiger partial charge in [-0.1, -0.05) is 0 Å². The molecule has 108 valence electrons. The number of nitrogens with one attached hydrogen (secondary N) is 2. The number of nitrogens with zero attached hydrogens (tertiary/aromatic N) is 1. The first kappa shape index (κ1) is 14.1. The monoisotopic (exact) mass is 271 g/mol. The molecule has 19 heavy (non-hydrogen) atoms. The first-order valence-corrected chi connectivity index (χ1v) is 6.74. The zero-order chi connectivity index (χ0) is 13.7. The summed E-state index contributed by atoms with van der Waals surface area (Å²) in [7, 11) is 0. The van der Waals surface area contributed by atoms with Crippen LogP contribution in [0.4, 0.5) is 4.79 Å². The third-order valence-corrected chi connectivity index (χ3v) is 3.32. The summed E-state index contributed by atoms with van der Waals surface area (Å²) in [5, 5.41) is 6.01. The molecule has 2 N–H and O–H groups in total. The lowest BCUT2D eigenvalue weighted by molar-refractivity contribution is -0.148. The first-order valence-electron chi connectivity index (χ1n) is 6.74. The molecule has 0 aliphatic carbocycles. The van der Waals surface area contributed by atoms with Crippen LogP contribution in [-0.4, -0.2) is 68.4 Å². The lowest BCUT2D eigenvalue weighted by Crippen LogP contribution is -2.60. The summed E-state index contributed by atoms with van der Waals surface area (Å²) in [6, 6.07) is -0.712. The van der Waals surface area contributed by atoms with Crippen molar-refractivity contribution in [2.24, 2.45) is 0 Å².